The highest BCUT2D eigenvalue weighted by Crippen LogP contribution is 2.35. The van der Waals surface area contributed by atoms with Gasteiger partial charge in [0.05, 0.1) is 4.90 Å². The number of hydrogen-bond acceptors (Lipinski definition) is 5. The van der Waals surface area contributed by atoms with Crippen molar-refractivity contribution in [3.63, 3.8) is 0 Å². The van der Waals surface area contributed by atoms with Crippen molar-refractivity contribution in [2.45, 2.75) is 42.5 Å². The monoisotopic (exact) mass is 376 g/mol. The van der Waals surface area contributed by atoms with Crippen molar-refractivity contribution < 1.29 is 18.0 Å². The van der Waals surface area contributed by atoms with Crippen LogP contribution >= 0.6 is 0 Å². The van der Waals surface area contributed by atoms with Crippen LogP contribution in [0.4, 0.5) is 4.79 Å². The van der Waals surface area contributed by atoms with Crippen LogP contribution in [-0.2, 0) is 14.8 Å². The maximum atomic E-state index is 12.6. The van der Waals surface area contributed by atoms with Crippen molar-refractivity contribution in [2.24, 2.45) is 4.99 Å². The van der Waals surface area contributed by atoms with Gasteiger partial charge >= 0.3 is 6.03 Å². The number of fused-ring (bicyclic) bond motifs is 1. The Morgan fingerprint density at radius 2 is 1.88 bits per heavy atom. The van der Waals surface area contributed by atoms with Gasteiger partial charge in [-0.15, -0.1) is 0 Å². The number of imide groups is 1. The summed E-state index contributed by atoms with van der Waals surface area (Å²) in [6.07, 6.45) is 3.78. The summed E-state index contributed by atoms with van der Waals surface area (Å²) in [5.41, 5.74) is -0.143. The number of amides is 3. The zero-order valence-corrected chi connectivity index (χ0v) is 15.0. The molecular weight excluding hydrogens is 356 g/mol. The van der Waals surface area contributed by atoms with Gasteiger partial charge in [0.1, 0.15) is 11.4 Å². The molecule has 2 heterocycles. The van der Waals surface area contributed by atoms with Crippen molar-refractivity contribution in [1.82, 2.24) is 14.9 Å². The summed E-state index contributed by atoms with van der Waals surface area (Å²) in [6.45, 7) is 0.591. The molecule has 26 heavy (non-hydrogen) atoms. The second-order valence-electron chi connectivity index (χ2n) is 6.86. The van der Waals surface area contributed by atoms with Gasteiger partial charge in [-0.25, -0.2) is 13.2 Å². The molecule has 0 radical (unpaired) electrons. The van der Waals surface area contributed by atoms with Crippen molar-refractivity contribution in [3.8, 4) is 0 Å². The molecule has 1 aromatic rings. The van der Waals surface area contributed by atoms with Crippen LogP contribution < -0.4 is 10.0 Å². The first-order valence-corrected chi connectivity index (χ1v) is 10.2. The van der Waals surface area contributed by atoms with E-state index in [9.17, 15) is 18.0 Å². The lowest BCUT2D eigenvalue weighted by atomic mass is 9.98. The molecule has 1 aliphatic carbocycles. The molecule has 2 N–H and O–H groups in total. The second kappa shape index (κ2) is 6.08. The minimum atomic E-state index is -3.55. The molecule has 0 unspecified atom stereocenters. The predicted molar refractivity (Wildman–Crippen MR) is 94.2 cm³/mol. The van der Waals surface area contributed by atoms with E-state index in [1.165, 1.54) is 11.0 Å². The van der Waals surface area contributed by atoms with Gasteiger partial charge in [0.25, 0.3) is 15.9 Å². The Kier molecular flexibility index (Phi) is 3.98. The first-order chi connectivity index (χ1) is 12.4. The summed E-state index contributed by atoms with van der Waals surface area (Å²) in [4.78, 5) is 30.5. The minimum Gasteiger partial charge on any atom is -0.323 e. The maximum Gasteiger partial charge on any atom is 0.325 e. The number of rotatable bonds is 4. The molecule has 1 spiro atoms. The van der Waals surface area contributed by atoms with E-state index < -0.39 is 15.6 Å². The summed E-state index contributed by atoms with van der Waals surface area (Å²) in [5.74, 6) is 0.171. The number of carbonyl (C=O) groups is 2. The van der Waals surface area contributed by atoms with Crippen LogP contribution in [0.25, 0.3) is 0 Å². The van der Waals surface area contributed by atoms with Gasteiger partial charge in [0, 0.05) is 18.7 Å². The van der Waals surface area contributed by atoms with Crippen molar-refractivity contribution >= 4 is 27.8 Å². The number of aliphatic imine (C=N–C) groups is 1. The van der Waals surface area contributed by atoms with Crippen LogP contribution in [0.15, 0.2) is 34.2 Å². The van der Waals surface area contributed by atoms with E-state index in [0.29, 0.717) is 37.2 Å². The third kappa shape index (κ3) is 2.66. The Morgan fingerprint density at radius 1 is 1.15 bits per heavy atom. The highest BCUT2D eigenvalue weighted by atomic mass is 32.2. The van der Waals surface area contributed by atoms with E-state index >= 15 is 0 Å². The zero-order valence-electron chi connectivity index (χ0n) is 14.2. The van der Waals surface area contributed by atoms with Crippen molar-refractivity contribution in [2.75, 3.05) is 13.1 Å². The molecule has 1 saturated heterocycles. The minimum absolute atomic E-state index is 0.139. The lowest BCUT2D eigenvalue weighted by Crippen LogP contribution is -2.44. The number of carbonyl (C=O) groups excluding carboxylic acids is 2. The average molecular weight is 376 g/mol. The van der Waals surface area contributed by atoms with Crippen LogP contribution in [-0.4, -0.2) is 49.7 Å². The van der Waals surface area contributed by atoms with Crippen LogP contribution in [0, 0.1) is 0 Å². The molecule has 1 aromatic carbocycles. The Balaban J connectivity index is 1.40. The first-order valence-electron chi connectivity index (χ1n) is 8.74. The van der Waals surface area contributed by atoms with Gasteiger partial charge in [-0.1, -0.05) is 25.0 Å². The van der Waals surface area contributed by atoms with Crippen LogP contribution in [0.2, 0.25) is 0 Å². The Labute approximate surface area is 151 Å². The normalized spacial score (nSPS) is 24.2. The number of amidine groups is 1. The number of hydrogen-bond donors (Lipinski definition) is 2. The van der Waals surface area contributed by atoms with Crippen LogP contribution in [0.1, 0.15) is 37.7 Å². The fraction of sp³-hybridized carbons (Fsp3) is 0.471. The summed E-state index contributed by atoms with van der Waals surface area (Å²) in [5, 5.41) is 2.84. The third-order valence-electron chi connectivity index (χ3n) is 5.18. The Morgan fingerprint density at radius 3 is 2.65 bits per heavy atom. The SMILES string of the molecule is O=C1NC2(CCCC2)C(=O)N1CCCN=C1NS(=O)(=O)c2ccccc21. The summed E-state index contributed by atoms with van der Waals surface area (Å²) >= 11 is 0. The van der Waals surface area contributed by atoms with E-state index in [-0.39, 0.29) is 23.4 Å². The first kappa shape index (κ1) is 17.0. The molecule has 0 aromatic heterocycles. The highest BCUT2D eigenvalue weighted by Gasteiger charge is 2.51. The molecule has 1 saturated carbocycles. The topological polar surface area (TPSA) is 108 Å². The largest absolute Gasteiger partial charge is 0.325 e. The van der Waals surface area contributed by atoms with Gasteiger partial charge in [-0.2, -0.15) is 0 Å². The van der Waals surface area contributed by atoms with E-state index in [0.717, 1.165) is 12.8 Å². The Hall–Kier alpha value is -2.42. The van der Waals surface area contributed by atoms with E-state index in [1.54, 1.807) is 18.2 Å². The molecule has 138 valence electrons. The number of nitrogens with zero attached hydrogens (tertiary/aromatic N) is 2. The van der Waals surface area contributed by atoms with Gasteiger partial charge in [-0.3, -0.25) is 19.4 Å². The molecule has 0 atom stereocenters. The van der Waals surface area contributed by atoms with E-state index in [2.05, 4.69) is 15.0 Å². The number of sulfonamides is 1. The molecule has 2 aliphatic heterocycles. The van der Waals surface area contributed by atoms with E-state index in [4.69, 9.17) is 0 Å². The summed E-state index contributed by atoms with van der Waals surface area (Å²) < 4.78 is 26.5. The smallest absolute Gasteiger partial charge is 0.323 e. The summed E-state index contributed by atoms with van der Waals surface area (Å²) in [7, 11) is -3.55. The van der Waals surface area contributed by atoms with E-state index in [1.807, 2.05) is 0 Å². The molecule has 3 aliphatic rings. The zero-order chi connectivity index (χ0) is 18.4. The molecule has 4 rings (SSSR count). The fourth-order valence-corrected chi connectivity index (χ4v) is 5.12. The number of urea groups is 1. The molecule has 2 fully saturated rings. The average Bonchev–Trinajstić information content (AvgIpc) is 3.24. The third-order valence-corrected chi connectivity index (χ3v) is 6.57. The van der Waals surface area contributed by atoms with Crippen LogP contribution in [0.3, 0.4) is 0 Å². The van der Waals surface area contributed by atoms with Crippen LogP contribution in [0.5, 0.6) is 0 Å². The molecular formula is C17H20N4O4S. The van der Waals surface area contributed by atoms with Crippen molar-refractivity contribution in [1.29, 1.82) is 0 Å². The molecule has 9 heteroatoms. The van der Waals surface area contributed by atoms with Gasteiger partial charge in [-0.05, 0) is 31.4 Å². The quantitative estimate of drug-likeness (QED) is 0.603. The van der Waals surface area contributed by atoms with Gasteiger partial charge in [0.2, 0.25) is 0 Å². The standard InChI is InChI=1S/C17H20N4O4S/c22-15-17(8-3-4-9-17)19-16(23)21(15)11-5-10-18-14-12-6-1-2-7-13(12)26(24,25)20-14/h1-2,6-7H,3-5,8-11H2,(H,18,20)(H,19,23). The second-order valence-corrected chi connectivity index (χ2v) is 8.51. The lowest BCUT2D eigenvalue weighted by molar-refractivity contribution is -0.131. The number of nitrogens with one attached hydrogen (secondary N) is 2. The summed E-state index contributed by atoms with van der Waals surface area (Å²) in [6, 6.07) is 6.32. The fourth-order valence-electron chi connectivity index (χ4n) is 3.87. The maximum absolute atomic E-state index is 12.6. The molecule has 8 nitrogen and oxygen atoms in total. The highest BCUT2D eigenvalue weighted by molar-refractivity contribution is 7.90. The number of benzene rings is 1. The lowest BCUT2D eigenvalue weighted by Gasteiger charge is -2.19. The van der Waals surface area contributed by atoms with Gasteiger partial charge < -0.3 is 5.32 Å². The Bertz CT molecular complexity index is 903. The van der Waals surface area contributed by atoms with Crippen molar-refractivity contribution in [3.05, 3.63) is 29.8 Å². The van der Waals surface area contributed by atoms with Gasteiger partial charge in [0.15, 0.2) is 0 Å². The molecule has 3 amide bonds. The molecule has 0 bridgehead atoms. The predicted octanol–water partition coefficient (Wildman–Crippen LogP) is 0.980.